The van der Waals surface area contributed by atoms with Crippen LogP contribution in [-0.4, -0.2) is 58.7 Å². The van der Waals surface area contributed by atoms with Crippen LogP contribution in [0.25, 0.3) is 0 Å². The number of rotatable bonds is 6. The van der Waals surface area contributed by atoms with Gasteiger partial charge >= 0.3 is 0 Å². The van der Waals surface area contributed by atoms with Gasteiger partial charge in [0.1, 0.15) is 11.6 Å². The summed E-state index contributed by atoms with van der Waals surface area (Å²) in [5, 5.41) is 0.469. The van der Waals surface area contributed by atoms with Crippen LogP contribution in [0.15, 0.2) is 60.7 Å². The van der Waals surface area contributed by atoms with Crippen molar-refractivity contribution < 1.29 is 18.4 Å². The molecule has 3 aromatic carbocycles. The Kier molecular flexibility index (Phi) is 7.50. The molecule has 8 heteroatoms. The first-order chi connectivity index (χ1) is 20.8. The smallest absolute Gasteiger partial charge is 0.256 e. The van der Waals surface area contributed by atoms with Gasteiger partial charge in [-0.2, -0.15) is 0 Å². The Hall–Kier alpha value is -3.29. The molecule has 224 valence electrons. The van der Waals surface area contributed by atoms with E-state index < -0.39 is 11.6 Å². The van der Waals surface area contributed by atoms with Gasteiger partial charge in [-0.3, -0.25) is 14.5 Å². The van der Waals surface area contributed by atoms with E-state index in [0.717, 1.165) is 82.8 Å². The second kappa shape index (κ2) is 11.3. The molecular formula is C35H36ClF2N3O2. The quantitative estimate of drug-likeness (QED) is 0.304. The monoisotopic (exact) mass is 603 g/mol. The van der Waals surface area contributed by atoms with Gasteiger partial charge in [0, 0.05) is 42.9 Å². The van der Waals surface area contributed by atoms with Crippen molar-refractivity contribution in [3.8, 4) is 0 Å². The van der Waals surface area contributed by atoms with Gasteiger partial charge in [0.25, 0.3) is 11.8 Å². The van der Waals surface area contributed by atoms with E-state index in [2.05, 4.69) is 11.0 Å². The lowest BCUT2D eigenvalue weighted by Crippen LogP contribution is -2.42. The Bertz CT molecular complexity index is 1570. The van der Waals surface area contributed by atoms with Gasteiger partial charge in [0.15, 0.2) is 0 Å². The van der Waals surface area contributed by atoms with Gasteiger partial charge in [0.05, 0.1) is 16.6 Å². The molecular weight excluding hydrogens is 568 g/mol. The number of aryl methyl sites for hydroxylation is 1. The fraction of sp³-hybridized carbons (Fsp3) is 0.429. The molecule has 1 saturated carbocycles. The van der Waals surface area contributed by atoms with Crippen LogP contribution < -0.4 is 0 Å². The number of fused-ring (bicyclic) bond motifs is 1. The summed E-state index contributed by atoms with van der Waals surface area (Å²) in [6, 6.07) is 17.3. The number of nitrogens with zero attached hydrogens (tertiary/aromatic N) is 3. The number of piperidine rings is 1. The average Bonchev–Trinajstić information content (AvgIpc) is 3.63. The maximum Gasteiger partial charge on any atom is 0.256 e. The molecule has 3 aromatic rings. The number of carbonyl (C=O) groups excluding carboxylic acids is 2. The summed E-state index contributed by atoms with van der Waals surface area (Å²) in [6.45, 7) is 3.58. The Morgan fingerprint density at radius 3 is 2.44 bits per heavy atom. The first-order valence-corrected chi connectivity index (χ1v) is 15.8. The minimum atomic E-state index is -0.556. The number of hydrogen-bond acceptors (Lipinski definition) is 3. The fourth-order valence-electron chi connectivity index (χ4n) is 7.47. The molecule has 0 bridgehead atoms. The first kappa shape index (κ1) is 28.5. The summed E-state index contributed by atoms with van der Waals surface area (Å²) in [5.74, 6) is -1.03. The molecule has 1 unspecified atom stereocenters. The Balaban J connectivity index is 1.03. The van der Waals surface area contributed by atoms with Crippen LogP contribution in [0.1, 0.15) is 82.0 Å². The van der Waals surface area contributed by atoms with E-state index in [9.17, 15) is 18.4 Å². The number of halogens is 3. The molecule has 5 nitrogen and oxygen atoms in total. The molecule has 0 radical (unpaired) electrons. The standard InChI is InChI=1S/C35H36ClF2N3O2/c36-30-4-2-1-3-28(30)34(43)41(27-10-11-27)32-12-8-23-5-6-24(19-29(23)32)33(42)40-18-15-35(22-40)13-16-39(17-14-35)21-25-7-9-26(37)20-31(25)38/h1-7,9,19-20,27,32H,8,10-18,21-22H2. The summed E-state index contributed by atoms with van der Waals surface area (Å²) in [5.41, 5.74) is 4.12. The van der Waals surface area contributed by atoms with E-state index in [1.165, 1.54) is 17.7 Å². The van der Waals surface area contributed by atoms with Crippen molar-refractivity contribution in [1.82, 2.24) is 14.7 Å². The van der Waals surface area contributed by atoms with Crippen LogP contribution in [0.3, 0.4) is 0 Å². The zero-order chi connectivity index (χ0) is 29.7. The maximum atomic E-state index is 14.2. The van der Waals surface area contributed by atoms with Crippen molar-refractivity contribution in [2.24, 2.45) is 5.41 Å². The van der Waals surface area contributed by atoms with Crippen LogP contribution in [0.5, 0.6) is 0 Å². The van der Waals surface area contributed by atoms with E-state index in [1.807, 2.05) is 34.1 Å². The largest absolute Gasteiger partial charge is 0.338 e. The molecule has 1 atom stereocenters. The number of hydrogen-bond donors (Lipinski definition) is 0. The van der Waals surface area contributed by atoms with Crippen molar-refractivity contribution in [3.63, 3.8) is 0 Å². The highest BCUT2D eigenvalue weighted by molar-refractivity contribution is 6.33. The van der Waals surface area contributed by atoms with Crippen LogP contribution in [0, 0.1) is 17.0 Å². The average molecular weight is 604 g/mol. The molecule has 2 saturated heterocycles. The van der Waals surface area contributed by atoms with Gasteiger partial charge in [-0.15, -0.1) is 0 Å². The molecule has 1 spiro atoms. The molecule has 2 heterocycles. The van der Waals surface area contributed by atoms with E-state index in [4.69, 9.17) is 11.6 Å². The Labute approximate surface area is 256 Å². The predicted octanol–water partition coefficient (Wildman–Crippen LogP) is 7.04. The highest BCUT2D eigenvalue weighted by atomic mass is 35.5. The van der Waals surface area contributed by atoms with Crippen molar-refractivity contribution in [2.45, 2.75) is 63.6 Å². The SMILES string of the molecule is O=C(c1ccc2c(c1)C(N(C(=O)c1ccccc1Cl)C1CC1)CC2)N1CCC2(CCN(Cc3ccc(F)cc3F)CC2)C1. The second-order valence-electron chi connectivity index (χ2n) is 12.9. The molecule has 2 aliphatic carbocycles. The highest BCUT2D eigenvalue weighted by Crippen LogP contribution is 2.44. The molecule has 3 fully saturated rings. The zero-order valence-electron chi connectivity index (χ0n) is 24.2. The number of carbonyl (C=O) groups is 2. The summed E-state index contributed by atoms with van der Waals surface area (Å²) in [7, 11) is 0. The number of amides is 2. The van der Waals surface area contributed by atoms with Crippen LogP contribution in [0.4, 0.5) is 8.78 Å². The van der Waals surface area contributed by atoms with E-state index in [0.29, 0.717) is 28.3 Å². The Morgan fingerprint density at radius 2 is 1.70 bits per heavy atom. The van der Waals surface area contributed by atoms with Gasteiger partial charge in [-0.05, 0) is 105 Å². The maximum absolute atomic E-state index is 14.2. The molecule has 0 aromatic heterocycles. The summed E-state index contributed by atoms with van der Waals surface area (Å²) in [4.78, 5) is 33.8. The molecule has 2 amide bonds. The minimum absolute atomic E-state index is 0.0299. The van der Waals surface area contributed by atoms with Crippen molar-refractivity contribution in [3.05, 3.63) is 105 Å². The summed E-state index contributed by atoms with van der Waals surface area (Å²) < 4.78 is 27.5. The Morgan fingerprint density at radius 1 is 0.930 bits per heavy atom. The lowest BCUT2D eigenvalue weighted by Gasteiger charge is -2.39. The third-order valence-corrected chi connectivity index (χ3v) is 10.4. The van der Waals surface area contributed by atoms with Gasteiger partial charge in [0.2, 0.25) is 0 Å². The first-order valence-electron chi connectivity index (χ1n) is 15.5. The van der Waals surface area contributed by atoms with Crippen LogP contribution >= 0.6 is 11.6 Å². The topological polar surface area (TPSA) is 43.9 Å². The van der Waals surface area contributed by atoms with E-state index >= 15 is 0 Å². The number of likely N-dealkylation sites (tertiary alicyclic amines) is 2. The third-order valence-electron chi connectivity index (χ3n) is 10.1. The summed E-state index contributed by atoms with van der Waals surface area (Å²) in [6.07, 6.45) is 6.59. The molecule has 7 rings (SSSR count). The van der Waals surface area contributed by atoms with Crippen molar-refractivity contribution in [1.29, 1.82) is 0 Å². The summed E-state index contributed by atoms with van der Waals surface area (Å²) >= 11 is 6.42. The minimum Gasteiger partial charge on any atom is -0.338 e. The zero-order valence-corrected chi connectivity index (χ0v) is 25.0. The molecule has 4 aliphatic rings. The molecule has 0 N–H and O–H groups in total. The predicted molar refractivity (Wildman–Crippen MR) is 162 cm³/mol. The van der Waals surface area contributed by atoms with Gasteiger partial charge in [-0.1, -0.05) is 35.9 Å². The van der Waals surface area contributed by atoms with Crippen LogP contribution in [-0.2, 0) is 13.0 Å². The van der Waals surface area contributed by atoms with Gasteiger partial charge in [-0.25, -0.2) is 8.78 Å². The lowest BCUT2D eigenvalue weighted by molar-refractivity contribution is 0.0658. The van der Waals surface area contributed by atoms with E-state index in [-0.39, 0.29) is 29.3 Å². The van der Waals surface area contributed by atoms with Crippen molar-refractivity contribution >= 4 is 23.4 Å². The van der Waals surface area contributed by atoms with Crippen LogP contribution in [0.2, 0.25) is 5.02 Å². The fourth-order valence-corrected chi connectivity index (χ4v) is 7.68. The molecule has 43 heavy (non-hydrogen) atoms. The second-order valence-corrected chi connectivity index (χ2v) is 13.3. The van der Waals surface area contributed by atoms with Gasteiger partial charge < -0.3 is 9.80 Å². The normalized spacial score (nSPS) is 21.3. The lowest BCUT2D eigenvalue weighted by atomic mass is 9.77. The highest BCUT2D eigenvalue weighted by Gasteiger charge is 2.44. The number of benzene rings is 3. The molecule has 2 aliphatic heterocycles. The third kappa shape index (κ3) is 5.58. The van der Waals surface area contributed by atoms with E-state index in [1.54, 1.807) is 12.1 Å². The van der Waals surface area contributed by atoms with Crippen molar-refractivity contribution in [2.75, 3.05) is 26.2 Å².